The van der Waals surface area contributed by atoms with Crippen molar-refractivity contribution in [2.75, 3.05) is 0 Å². The van der Waals surface area contributed by atoms with E-state index in [2.05, 4.69) is 22.2 Å². The Labute approximate surface area is 136 Å². The molecule has 1 atom stereocenters. The van der Waals surface area contributed by atoms with Crippen LogP contribution in [0.1, 0.15) is 44.2 Å². The summed E-state index contributed by atoms with van der Waals surface area (Å²) in [4.78, 5) is 8.19. The van der Waals surface area contributed by atoms with Crippen molar-refractivity contribution in [1.82, 2.24) is 15.3 Å². The summed E-state index contributed by atoms with van der Waals surface area (Å²) in [5.41, 5.74) is 1.11. The van der Waals surface area contributed by atoms with Crippen LogP contribution in [-0.4, -0.2) is 27.2 Å². The van der Waals surface area contributed by atoms with Gasteiger partial charge in [0.2, 0.25) is 5.88 Å². The number of hydrogen-bond donors (Lipinski definition) is 2. The molecule has 1 aliphatic carbocycles. The van der Waals surface area contributed by atoms with Crippen LogP contribution in [0.2, 0.25) is 0 Å². The lowest BCUT2D eigenvalue weighted by Crippen LogP contribution is -2.37. The Morgan fingerprint density at radius 3 is 2.74 bits per heavy atom. The standard InChI is InChI=1S/C18H23N3O2/c1-13(14-3-2-4-16(22)11-14)21-15-5-7-17(8-6-15)23-18-12-19-9-10-20-18/h2-4,9-13,15,17,21-22H,5-8H2,1H3/t13-,15?,17?/m0/s1. The molecule has 0 amide bonds. The number of aromatic hydroxyl groups is 1. The van der Waals surface area contributed by atoms with E-state index in [9.17, 15) is 5.11 Å². The van der Waals surface area contributed by atoms with Gasteiger partial charge in [0.15, 0.2) is 0 Å². The molecule has 1 heterocycles. The molecule has 0 saturated heterocycles. The number of rotatable bonds is 5. The van der Waals surface area contributed by atoms with E-state index in [1.165, 1.54) is 0 Å². The average Bonchev–Trinajstić information content (AvgIpc) is 2.57. The zero-order valence-electron chi connectivity index (χ0n) is 13.4. The highest BCUT2D eigenvalue weighted by molar-refractivity contribution is 5.29. The highest BCUT2D eigenvalue weighted by atomic mass is 16.5. The van der Waals surface area contributed by atoms with E-state index in [1.54, 1.807) is 24.7 Å². The maximum absolute atomic E-state index is 9.59. The molecule has 1 aromatic heterocycles. The monoisotopic (exact) mass is 313 g/mol. The first-order chi connectivity index (χ1) is 11.2. The summed E-state index contributed by atoms with van der Waals surface area (Å²) in [5, 5.41) is 13.2. The molecule has 1 aliphatic rings. The van der Waals surface area contributed by atoms with Crippen LogP contribution in [0.25, 0.3) is 0 Å². The second-order valence-corrected chi connectivity index (χ2v) is 6.12. The molecule has 1 aromatic carbocycles. The van der Waals surface area contributed by atoms with E-state index < -0.39 is 0 Å². The molecule has 23 heavy (non-hydrogen) atoms. The van der Waals surface area contributed by atoms with Gasteiger partial charge in [-0.05, 0) is 50.3 Å². The molecule has 3 rings (SSSR count). The minimum atomic E-state index is 0.223. The van der Waals surface area contributed by atoms with Gasteiger partial charge < -0.3 is 15.2 Å². The van der Waals surface area contributed by atoms with E-state index >= 15 is 0 Å². The van der Waals surface area contributed by atoms with Gasteiger partial charge in [-0.1, -0.05) is 12.1 Å². The van der Waals surface area contributed by atoms with Crippen LogP contribution in [0.5, 0.6) is 11.6 Å². The highest BCUT2D eigenvalue weighted by Crippen LogP contribution is 2.25. The molecule has 122 valence electrons. The number of ether oxygens (including phenoxy) is 1. The fourth-order valence-electron chi connectivity index (χ4n) is 3.11. The largest absolute Gasteiger partial charge is 0.508 e. The number of nitrogens with zero attached hydrogens (tertiary/aromatic N) is 2. The summed E-state index contributed by atoms with van der Waals surface area (Å²) in [6, 6.07) is 8.15. The Hall–Kier alpha value is -2.14. The molecule has 5 nitrogen and oxygen atoms in total. The molecule has 5 heteroatoms. The number of aromatic nitrogens is 2. The lowest BCUT2D eigenvalue weighted by molar-refractivity contribution is 0.131. The molecule has 0 spiro atoms. The first-order valence-electron chi connectivity index (χ1n) is 8.18. The lowest BCUT2D eigenvalue weighted by Gasteiger charge is -2.31. The maximum Gasteiger partial charge on any atom is 0.232 e. The SMILES string of the molecule is C[C@H](NC1CCC(Oc2cnccn2)CC1)c1cccc(O)c1. The van der Waals surface area contributed by atoms with Crippen LogP contribution >= 0.6 is 0 Å². The van der Waals surface area contributed by atoms with Gasteiger partial charge in [0.1, 0.15) is 11.9 Å². The minimum Gasteiger partial charge on any atom is -0.508 e. The fourth-order valence-corrected chi connectivity index (χ4v) is 3.11. The topological polar surface area (TPSA) is 67.3 Å². The second-order valence-electron chi connectivity index (χ2n) is 6.12. The first kappa shape index (κ1) is 15.7. The molecule has 0 radical (unpaired) electrons. The first-order valence-corrected chi connectivity index (χ1v) is 8.18. The maximum atomic E-state index is 9.59. The van der Waals surface area contributed by atoms with Crippen molar-refractivity contribution in [2.24, 2.45) is 0 Å². The zero-order valence-corrected chi connectivity index (χ0v) is 13.4. The Bertz CT molecular complexity index is 613. The van der Waals surface area contributed by atoms with Gasteiger partial charge in [-0.25, -0.2) is 4.98 Å². The van der Waals surface area contributed by atoms with Crippen LogP contribution in [0.4, 0.5) is 0 Å². The molecule has 0 unspecified atom stereocenters. The molecule has 0 aliphatic heterocycles. The third-order valence-electron chi connectivity index (χ3n) is 4.36. The van der Waals surface area contributed by atoms with E-state index in [1.807, 2.05) is 18.2 Å². The number of benzene rings is 1. The van der Waals surface area contributed by atoms with E-state index in [0.717, 1.165) is 31.2 Å². The van der Waals surface area contributed by atoms with Gasteiger partial charge in [-0.2, -0.15) is 0 Å². The smallest absolute Gasteiger partial charge is 0.232 e. The molecular formula is C18H23N3O2. The van der Waals surface area contributed by atoms with Crippen LogP contribution in [0.3, 0.4) is 0 Å². The Kier molecular flexibility index (Phi) is 5.08. The number of phenols is 1. The lowest BCUT2D eigenvalue weighted by atomic mass is 9.92. The Balaban J connectivity index is 1.47. The molecule has 1 saturated carbocycles. The highest BCUT2D eigenvalue weighted by Gasteiger charge is 2.24. The summed E-state index contributed by atoms with van der Waals surface area (Å²) >= 11 is 0. The summed E-state index contributed by atoms with van der Waals surface area (Å²) in [6.07, 6.45) is 9.37. The third kappa shape index (κ3) is 4.42. The minimum absolute atomic E-state index is 0.223. The van der Waals surface area contributed by atoms with E-state index in [0.29, 0.717) is 17.7 Å². The molecule has 0 bridgehead atoms. The van der Waals surface area contributed by atoms with Gasteiger partial charge >= 0.3 is 0 Å². The molecule has 1 fully saturated rings. The second kappa shape index (κ2) is 7.42. The number of nitrogens with one attached hydrogen (secondary N) is 1. The van der Waals surface area contributed by atoms with Crippen molar-refractivity contribution < 1.29 is 9.84 Å². The molecular weight excluding hydrogens is 290 g/mol. The van der Waals surface area contributed by atoms with Gasteiger partial charge in [0.05, 0.1) is 6.20 Å². The quantitative estimate of drug-likeness (QED) is 0.887. The van der Waals surface area contributed by atoms with Crippen molar-refractivity contribution in [3.05, 3.63) is 48.4 Å². The normalized spacial score (nSPS) is 22.5. The third-order valence-corrected chi connectivity index (χ3v) is 4.36. The van der Waals surface area contributed by atoms with Gasteiger partial charge in [-0.15, -0.1) is 0 Å². The summed E-state index contributed by atoms with van der Waals surface area (Å²) in [7, 11) is 0. The molecule has 2 aromatic rings. The fraction of sp³-hybridized carbons (Fsp3) is 0.444. The number of phenolic OH excluding ortho intramolecular Hbond substituents is 1. The zero-order chi connectivity index (χ0) is 16.1. The average molecular weight is 313 g/mol. The van der Waals surface area contributed by atoms with Crippen molar-refractivity contribution in [3.63, 3.8) is 0 Å². The van der Waals surface area contributed by atoms with Crippen LogP contribution in [0.15, 0.2) is 42.9 Å². The van der Waals surface area contributed by atoms with Crippen molar-refractivity contribution >= 4 is 0 Å². The predicted octanol–water partition coefficient (Wildman–Crippen LogP) is 3.22. The summed E-state index contributed by atoms with van der Waals surface area (Å²) in [5.74, 6) is 0.925. The van der Waals surface area contributed by atoms with Gasteiger partial charge in [0, 0.05) is 24.5 Å². The van der Waals surface area contributed by atoms with E-state index in [-0.39, 0.29) is 12.1 Å². The summed E-state index contributed by atoms with van der Waals surface area (Å²) in [6.45, 7) is 2.14. The van der Waals surface area contributed by atoms with E-state index in [4.69, 9.17) is 4.74 Å². The Morgan fingerprint density at radius 1 is 1.22 bits per heavy atom. The number of hydrogen-bond acceptors (Lipinski definition) is 5. The van der Waals surface area contributed by atoms with Crippen LogP contribution in [0, 0.1) is 0 Å². The predicted molar refractivity (Wildman–Crippen MR) is 88.4 cm³/mol. The van der Waals surface area contributed by atoms with Crippen molar-refractivity contribution in [3.8, 4) is 11.6 Å². The van der Waals surface area contributed by atoms with Crippen LogP contribution < -0.4 is 10.1 Å². The van der Waals surface area contributed by atoms with Crippen molar-refractivity contribution in [1.29, 1.82) is 0 Å². The molecule has 2 N–H and O–H groups in total. The summed E-state index contributed by atoms with van der Waals surface area (Å²) < 4.78 is 5.87. The van der Waals surface area contributed by atoms with Gasteiger partial charge in [0.25, 0.3) is 0 Å². The Morgan fingerprint density at radius 2 is 2.04 bits per heavy atom. The van der Waals surface area contributed by atoms with Gasteiger partial charge in [-0.3, -0.25) is 4.98 Å². The van der Waals surface area contributed by atoms with Crippen LogP contribution in [-0.2, 0) is 0 Å². The van der Waals surface area contributed by atoms with Crippen molar-refractivity contribution in [2.45, 2.75) is 50.8 Å².